The Morgan fingerprint density at radius 2 is 1.71 bits per heavy atom. The van der Waals surface area contributed by atoms with Crippen LogP contribution in [0, 0.1) is 0 Å². The van der Waals surface area contributed by atoms with Crippen molar-refractivity contribution in [3.05, 3.63) is 41.0 Å². The molecule has 2 atom stereocenters. The lowest BCUT2D eigenvalue weighted by Gasteiger charge is -2.41. The van der Waals surface area contributed by atoms with E-state index in [0.717, 1.165) is 14.2 Å². The molecule has 0 radical (unpaired) electrons. The Bertz CT molecular complexity index is 1190. The topological polar surface area (TPSA) is 143 Å². The summed E-state index contributed by atoms with van der Waals surface area (Å²) < 4.78 is 47.6. The van der Waals surface area contributed by atoms with Gasteiger partial charge in [-0.15, -0.1) is 0 Å². The van der Waals surface area contributed by atoms with Gasteiger partial charge in [0.05, 0.1) is 32.3 Å². The van der Waals surface area contributed by atoms with Crippen LogP contribution in [0.5, 0.6) is 0 Å². The first-order valence-corrected chi connectivity index (χ1v) is 10.5. The molecule has 1 aromatic rings. The number of esters is 3. The zero-order valence-electron chi connectivity index (χ0n) is 16.7. The van der Waals surface area contributed by atoms with Gasteiger partial charge in [-0.05, 0) is 13.0 Å². The van der Waals surface area contributed by atoms with Gasteiger partial charge in [0.15, 0.2) is 11.5 Å². The molecule has 164 valence electrons. The highest BCUT2D eigenvalue weighted by molar-refractivity contribution is 7.89. The van der Waals surface area contributed by atoms with Crippen molar-refractivity contribution < 1.29 is 46.5 Å². The quantitative estimate of drug-likeness (QED) is 0.331. The Morgan fingerprint density at radius 1 is 1.10 bits per heavy atom. The summed E-state index contributed by atoms with van der Waals surface area (Å²) >= 11 is 0. The largest absolute Gasteiger partial charge is 0.466 e. The first kappa shape index (κ1) is 21.2. The molecular formula is C19H17NO10S. The van der Waals surface area contributed by atoms with Gasteiger partial charge in [0, 0.05) is 5.56 Å². The van der Waals surface area contributed by atoms with Crippen LogP contribution in [0.3, 0.4) is 0 Å². The van der Waals surface area contributed by atoms with Crippen LogP contribution in [-0.4, -0.2) is 69.4 Å². The van der Waals surface area contributed by atoms with Crippen molar-refractivity contribution in [1.29, 1.82) is 0 Å². The summed E-state index contributed by atoms with van der Waals surface area (Å²) in [7, 11) is -2.36. The first-order valence-electron chi connectivity index (χ1n) is 9.09. The van der Waals surface area contributed by atoms with E-state index in [9.17, 15) is 27.6 Å². The third-order valence-electron chi connectivity index (χ3n) is 5.43. The van der Waals surface area contributed by atoms with Crippen molar-refractivity contribution >= 4 is 33.7 Å². The molecular weight excluding hydrogens is 434 g/mol. The van der Waals surface area contributed by atoms with Crippen LogP contribution in [0.15, 0.2) is 40.3 Å². The highest BCUT2D eigenvalue weighted by Gasteiger charge is 2.77. The molecule has 0 saturated carbocycles. The fourth-order valence-corrected chi connectivity index (χ4v) is 6.07. The maximum Gasteiger partial charge on any atom is 0.351 e. The van der Waals surface area contributed by atoms with Gasteiger partial charge in [-0.1, -0.05) is 18.2 Å². The average Bonchev–Trinajstić information content (AvgIpc) is 3.14. The van der Waals surface area contributed by atoms with Gasteiger partial charge >= 0.3 is 17.9 Å². The van der Waals surface area contributed by atoms with E-state index in [1.54, 1.807) is 0 Å². The van der Waals surface area contributed by atoms with Crippen LogP contribution in [0.1, 0.15) is 12.5 Å². The molecule has 11 nitrogen and oxygen atoms in total. The molecule has 3 heterocycles. The summed E-state index contributed by atoms with van der Waals surface area (Å²) in [5.74, 6) is -4.77. The lowest BCUT2D eigenvalue weighted by atomic mass is 9.87. The Balaban J connectivity index is 2.19. The SMILES string of the molecule is CCOC(=O)C12OC3(C(C(=O)OC)=C1C(=O)OC)c1ccccc1S(=O)(=O)N3CC2=O. The van der Waals surface area contributed by atoms with Crippen LogP contribution in [0.25, 0.3) is 0 Å². The summed E-state index contributed by atoms with van der Waals surface area (Å²) in [6.07, 6.45) is 0. The third kappa shape index (κ3) is 2.32. The zero-order valence-corrected chi connectivity index (χ0v) is 17.5. The van der Waals surface area contributed by atoms with E-state index in [0.29, 0.717) is 4.31 Å². The lowest BCUT2D eigenvalue weighted by Crippen LogP contribution is -2.63. The molecule has 1 spiro atoms. The van der Waals surface area contributed by atoms with E-state index in [-0.39, 0.29) is 17.1 Å². The molecule has 1 fully saturated rings. The van der Waals surface area contributed by atoms with Crippen LogP contribution in [0.4, 0.5) is 0 Å². The molecule has 2 bridgehead atoms. The number of carbonyl (C=O) groups is 4. The van der Waals surface area contributed by atoms with E-state index in [2.05, 4.69) is 0 Å². The lowest BCUT2D eigenvalue weighted by molar-refractivity contribution is -0.210. The normalized spacial score (nSPS) is 28.0. The molecule has 1 aromatic carbocycles. The predicted octanol–water partition coefficient (Wildman–Crippen LogP) is -0.599. The Kier molecular flexibility index (Phi) is 4.57. The van der Waals surface area contributed by atoms with Crippen molar-refractivity contribution in [2.75, 3.05) is 27.4 Å². The van der Waals surface area contributed by atoms with Gasteiger partial charge in [0.25, 0.3) is 5.60 Å². The number of rotatable bonds is 4. The summed E-state index contributed by atoms with van der Waals surface area (Å²) in [6, 6.07) is 5.57. The Hall–Kier alpha value is -3.09. The molecule has 3 aliphatic rings. The van der Waals surface area contributed by atoms with E-state index in [1.807, 2.05) is 0 Å². The number of fused-ring (bicyclic) bond motifs is 2. The first-order chi connectivity index (χ1) is 14.6. The zero-order chi connectivity index (χ0) is 22.8. The molecule has 1 saturated heterocycles. The smallest absolute Gasteiger partial charge is 0.351 e. The van der Waals surface area contributed by atoms with Crippen LogP contribution >= 0.6 is 0 Å². The van der Waals surface area contributed by atoms with E-state index in [4.69, 9.17) is 18.9 Å². The fourth-order valence-electron chi connectivity index (χ4n) is 4.24. The Labute approximate surface area is 176 Å². The maximum absolute atomic E-state index is 13.2. The third-order valence-corrected chi connectivity index (χ3v) is 7.31. The van der Waals surface area contributed by atoms with Crippen molar-refractivity contribution in [1.82, 2.24) is 4.31 Å². The van der Waals surface area contributed by atoms with Crippen molar-refractivity contribution in [2.45, 2.75) is 23.1 Å². The van der Waals surface area contributed by atoms with Crippen molar-refractivity contribution in [3.63, 3.8) is 0 Å². The highest BCUT2D eigenvalue weighted by Crippen LogP contribution is 2.60. The number of hydrogen-bond acceptors (Lipinski definition) is 10. The van der Waals surface area contributed by atoms with Crippen LogP contribution < -0.4 is 0 Å². The van der Waals surface area contributed by atoms with E-state index < -0.39 is 62.7 Å². The average molecular weight is 451 g/mol. The summed E-state index contributed by atoms with van der Waals surface area (Å²) in [5, 5.41) is 0. The van der Waals surface area contributed by atoms with Crippen molar-refractivity contribution in [2.24, 2.45) is 0 Å². The number of nitrogens with zero attached hydrogens (tertiary/aromatic N) is 1. The molecule has 3 aliphatic heterocycles. The molecule has 0 aromatic heterocycles. The van der Waals surface area contributed by atoms with Gasteiger partial charge in [-0.3, -0.25) is 4.79 Å². The number of benzene rings is 1. The maximum atomic E-state index is 13.2. The van der Waals surface area contributed by atoms with Gasteiger partial charge < -0.3 is 18.9 Å². The number of hydrogen-bond donors (Lipinski definition) is 0. The van der Waals surface area contributed by atoms with Gasteiger partial charge in [-0.25, -0.2) is 22.8 Å². The van der Waals surface area contributed by atoms with Gasteiger partial charge in [0.1, 0.15) is 11.1 Å². The minimum Gasteiger partial charge on any atom is -0.466 e. The predicted molar refractivity (Wildman–Crippen MR) is 98.5 cm³/mol. The molecule has 0 N–H and O–H groups in total. The standard InChI is InChI=1S/C19H17NO10S/c1-4-29-17(24)18-12(21)9-20-19(30-18,10-7-5-6-8-11(10)31(20,25)26)14(16(23)28-3)13(18)15(22)27-2/h5-8H,4,9H2,1-3H3. The minimum absolute atomic E-state index is 0.0459. The number of ketones is 1. The molecule has 31 heavy (non-hydrogen) atoms. The fraction of sp³-hybridized carbons (Fsp3) is 0.368. The van der Waals surface area contributed by atoms with Crippen molar-refractivity contribution in [3.8, 4) is 0 Å². The second-order valence-electron chi connectivity index (χ2n) is 6.81. The monoisotopic (exact) mass is 451 g/mol. The number of ether oxygens (including phenoxy) is 4. The summed E-state index contributed by atoms with van der Waals surface area (Å²) in [6.45, 7) is 0.443. The van der Waals surface area contributed by atoms with Crippen LogP contribution in [0.2, 0.25) is 0 Å². The molecule has 2 unspecified atom stereocenters. The van der Waals surface area contributed by atoms with E-state index in [1.165, 1.54) is 31.2 Å². The molecule has 0 aliphatic carbocycles. The summed E-state index contributed by atoms with van der Waals surface area (Å²) in [5.41, 5.74) is -6.42. The summed E-state index contributed by atoms with van der Waals surface area (Å²) in [4.78, 5) is 51.7. The van der Waals surface area contributed by atoms with Gasteiger partial charge in [-0.2, -0.15) is 4.31 Å². The molecule has 0 amide bonds. The highest BCUT2D eigenvalue weighted by atomic mass is 32.2. The molecule has 4 rings (SSSR count). The van der Waals surface area contributed by atoms with E-state index >= 15 is 0 Å². The Morgan fingerprint density at radius 3 is 2.32 bits per heavy atom. The van der Waals surface area contributed by atoms with Crippen LogP contribution in [-0.2, 0) is 53.9 Å². The second kappa shape index (κ2) is 6.70. The number of Topliss-reactive ketones (excluding diaryl/α,β-unsaturated/α-hetero) is 1. The second-order valence-corrected chi connectivity index (χ2v) is 8.64. The number of carbonyl (C=O) groups excluding carboxylic acids is 4. The minimum atomic E-state index is -4.34. The number of methoxy groups -OCH3 is 2. The van der Waals surface area contributed by atoms with Gasteiger partial charge in [0.2, 0.25) is 10.0 Å². The molecule has 12 heteroatoms. The number of sulfonamides is 1.